The van der Waals surface area contributed by atoms with E-state index in [0.29, 0.717) is 0 Å². The molecular formula is C46H36N2. The highest BCUT2D eigenvalue weighted by Crippen LogP contribution is 2.57. The van der Waals surface area contributed by atoms with Gasteiger partial charge in [-0.1, -0.05) is 125 Å². The normalized spacial score (nSPS) is 15.0. The van der Waals surface area contributed by atoms with Gasteiger partial charge < -0.3 is 9.47 Å². The van der Waals surface area contributed by atoms with Crippen molar-refractivity contribution in [1.82, 2.24) is 4.57 Å². The number of hydrogen-bond donors (Lipinski definition) is 0. The highest BCUT2D eigenvalue weighted by Gasteiger charge is 2.44. The van der Waals surface area contributed by atoms with E-state index in [0.717, 1.165) is 11.4 Å². The van der Waals surface area contributed by atoms with Crippen molar-refractivity contribution in [2.24, 2.45) is 0 Å². The molecule has 0 fully saturated rings. The van der Waals surface area contributed by atoms with E-state index < -0.39 is 0 Å². The zero-order chi connectivity index (χ0) is 32.4. The van der Waals surface area contributed by atoms with Crippen LogP contribution in [0.1, 0.15) is 49.9 Å². The summed E-state index contributed by atoms with van der Waals surface area (Å²) in [7, 11) is 0. The van der Waals surface area contributed by atoms with Gasteiger partial charge in [0.15, 0.2) is 0 Å². The number of anilines is 3. The molecule has 48 heavy (non-hydrogen) atoms. The van der Waals surface area contributed by atoms with E-state index in [1.165, 1.54) is 77.3 Å². The summed E-state index contributed by atoms with van der Waals surface area (Å²) in [4.78, 5) is 2.42. The Kier molecular flexibility index (Phi) is 5.44. The van der Waals surface area contributed by atoms with Gasteiger partial charge in [-0.05, 0) is 92.7 Å². The summed E-state index contributed by atoms with van der Waals surface area (Å²) in [6, 6.07) is 54.0. The van der Waals surface area contributed by atoms with E-state index in [2.05, 4.69) is 183 Å². The summed E-state index contributed by atoms with van der Waals surface area (Å²) in [5.41, 5.74) is 15.3. The Labute approximate surface area is 281 Å². The predicted octanol–water partition coefficient (Wildman–Crippen LogP) is 12.4. The minimum atomic E-state index is -0.199. The van der Waals surface area contributed by atoms with Crippen molar-refractivity contribution in [3.8, 4) is 16.8 Å². The van der Waals surface area contributed by atoms with Gasteiger partial charge in [-0.2, -0.15) is 0 Å². The Morgan fingerprint density at radius 1 is 0.438 bits per heavy atom. The van der Waals surface area contributed by atoms with Gasteiger partial charge in [-0.3, -0.25) is 0 Å². The standard InChI is InChI=1S/C46H36N2/c1-45(2)38-23-14-24-39-44(38)48-42-36(25-30(26-40(42)45)35-22-13-16-29-15-11-12-21-34(29)35)37-27-33(28-41(43(37)48)46(39,3)4)47(31-17-7-5-8-18-31)32-19-9-6-10-20-32/h5-28H,1-4H3. The molecule has 0 aliphatic carbocycles. The van der Waals surface area contributed by atoms with Gasteiger partial charge in [0.05, 0.1) is 16.7 Å². The smallest absolute Gasteiger partial charge is 0.0583 e. The SMILES string of the molecule is CC1(C)c2cccc3c2-n2c4c1cc(-c1cccc5ccccc15)cc4c1cc(N(c4ccccc4)c4ccccc4)cc(c12)C3(C)C. The third-order valence-corrected chi connectivity index (χ3v) is 11.3. The topological polar surface area (TPSA) is 8.17 Å². The van der Waals surface area contributed by atoms with Crippen molar-refractivity contribution in [3.05, 3.63) is 168 Å². The van der Waals surface area contributed by atoms with E-state index >= 15 is 0 Å². The number of nitrogens with zero attached hydrogens (tertiary/aromatic N) is 2. The van der Waals surface area contributed by atoms with Crippen LogP contribution >= 0.6 is 0 Å². The Bertz CT molecular complexity index is 2560. The van der Waals surface area contributed by atoms with Crippen LogP contribution in [0.3, 0.4) is 0 Å². The molecule has 8 aromatic rings. The van der Waals surface area contributed by atoms with Crippen LogP contribution in [0.15, 0.2) is 146 Å². The maximum absolute atomic E-state index is 2.63. The van der Waals surface area contributed by atoms with Crippen LogP contribution in [-0.2, 0) is 10.8 Å². The molecule has 0 saturated heterocycles. The van der Waals surface area contributed by atoms with E-state index in [-0.39, 0.29) is 10.8 Å². The van der Waals surface area contributed by atoms with Crippen molar-refractivity contribution in [2.75, 3.05) is 4.90 Å². The Balaban J connectivity index is 1.39. The summed E-state index contributed by atoms with van der Waals surface area (Å²) in [6.07, 6.45) is 0. The number of para-hydroxylation sites is 3. The zero-order valence-electron chi connectivity index (χ0n) is 27.8. The number of fused-ring (bicyclic) bond motifs is 2. The second-order valence-electron chi connectivity index (χ2n) is 14.6. The minimum absolute atomic E-state index is 0.176. The molecule has 0 amide bonds. The number of benzene rings is 7. The predicted molar refractivity (Wildman–Crippen MR) is 203 cm³/mol. The van der Waals surface area contributed by atoms with Gasteiger partial charge in [0.1, 0.15) is 0 Å². The third kappa shape index (κ3) is 3.52. The fourth-order valence-corrected chi connectivity index (χ4v) is 8.88. The van der Waals surface area contributed by atoms with Gasteiger partial charge in [0.25, 0.3) is 0 Å². The molecule has 7 aromatic carbocycles. The summed E-state index contributed by atoms with van der Waals surface area (Å²) >= 11 is 0. The van der Waals surface area contributed by atoms with Crippen LogP contribution in [0.4, 0.5) is 17.1 Å². The van der Waals surface area contributed by atoms with E-state index in [9.17, 15) is 0 Å². The molecule has 0 N–H and O–H groups in total. The van der Waals surface area contributed by atoms with Crippen molar-refractivity contribution in [2.45, 2.75) is 38.5 Å². The van der Waals surface area contributed by atoms with Crippen molar-refractivity contribution < 1.29 is 0 Å². The van der Waals surface area contributed by atoms with Crippen LogP contribution in [0.25, 0.3) is 49.4 Å². The molecule has 1 aromatic heterocycles. The van der Waals surface area contributed by atoms with E-state index in [1.807, 2.05) is 0 Å². The van der Waals surface area contributed by atoms with Gasteiger partial charge in [0.2, 0.25) is 0 Å². The second-order valence-corrected chi connectivity index (χ2v) is 14.6. The lowest BCUT2D eigenvalue weighted by molar-refractivity contribution is 0.594. The Morgan fingerprint density at radius 3 is 1.65 bits per heavy atom. The third-order valence-electron chi connectivity index (χ3n) is 11.3. The largest absolute Gasteiger partial charge is 0.310 e. The first-order valence-electron chi connectivity index (χ1n) is 17.0. The van der Waals surface area contributed by atoms with Gasteiger partial charge >= 0.3 is 0 Å². The van der Waals surface area contributed by atoms with Crippen LogP contribution < -0.4 is 4.90 Å². The van der Waals surface area contributed by atoms with Gasteiger partial charge in [-0.15, -0.1) is 0 Å². The van der Waals surface area contributed by atoms with Crippen molar-refractivity contribution in [3.63, 3.8) is 0 Å². The van der Waals surface area contributed by atoms with Crippen molar-refractivity contribution >= 4 is 49.6 Å². The lowest BCUT2D eigenvalue weighted by Gasteiger charge is -2.42. The highest BCUT2D eigenvalue weighted by molar-refractivity contribution is 6.16. The van der Waals surface area contributed by atoms with Crippen LogP contribution in [-0.4, -0.2) is 4.57 Å². The molecule has 0 saturated carbocycles. The fourth-order valence-electron chi connectivity index (χ4n) is 8.88. The number of aromatic nitrogens is 1. The van der Waals surface area contributed by atoms with Crippen molar-refractivity contribution in [1.29, 1.82) is 0 Å². The van der Waals surface area contributed by atoms with Crippen LogP contribution in [0, 0.1) is 0 Å². The monoisotopic (exact) mass is 616 g/mol. The molecule has 0 unspecified atom stereocenters. The molecule has 0 atom stereocenters. The lowest BCUT2D eigenvalue weighted by Crippen LogP contribution is -2.33. The molecule has 0 bridgehead atoms. The fraction of sp³-hybridized carbons (Fsp3) is 0.130. The van der Waals surface area contributed by atoms with E-state index in [4.69, 9.17) is 0 Å². The second kappa shape index (κ2) is 9.49. The first-order valence-corrected chi connectivity index (χ1v) is 17.0. The number of rotatable bonds is 4. The molecule has 10 rings (SSSR count). The molecule has 2 heteroatoms. The molecule has 0 radical (unpaired) electrons. The average Bonchev–Trinajstić information content (AvgIpc) is 3.44. The number of hydrogen-bond acceptors (Lipinski definition) is 1. The highest BCUT2D eigenvalue weighted by atomic mass is 15.1. The zero-order valence-corrected chi connectivity index (χ0v) is 27.8. The van der Waals surface area contributed by atoms with Crippen LogP contribution in [0.5, 0.6) is 0 Å². The summed E-state index contributed by atoms with van der Waals surface area (Å²) in [5, 5.41) is 5.19. The molecule has 3 heterocycles. The maximum atomic E-state index is 2.63. The van der Waals surface area contributed by atoms with Gasteiger partial charge in [0, 0.05) is 38.7 Å². The quantitative estimate of drug-likeness (QED) is 0.191. The summed E-state index contributed by atoms with van der Waals surface area (Å²) < 4.78 is 2.63. The minimum Gasteiger partial charge on any atom is -0.310 e. The first kappa shape index (κ1) is 27.5. The molecule has 2 nitrogen and oxygen atoms in total. The maximum Gasteiger partial charge on any atom is 0.0583 e. The lowest BCUT2D eigenvalue weighted by atomic mass is 9.68. The van der Waals surface area contributed by atoms with E-state index in [1.54, 1.807) is 0 Å². The summed E-state index contributed by atoms with van der Waals surface area (Å²) in [5.74, 6) is 0. The molecule has 2 aliphatic rings. The summed E-state index contributed by atoms with van der Waals surface area (Å²) in [6.45, 7) is 9.68. The van der Waals surface area contributed by atoms with Crippen LogP contribution in [0.2, 0.25) is 0 Å². The molecule has 2 aliphatic heterocycles. The molecule has 0 spiro atoms. The first-order chi connectivity index (χ1) is 23.3. The average molecular weight is 617 g/mol. The Hall–Kier alpha value is -5.60. The Morgan fingerprint density at radius 2 is 0.979 bits per heavy atom. The van der Waals surface area contributed by atoms with Gasteiger partial charge in [-0.25, -0.2) is 0 Å². The molecule has 230 valence electrons. The molecular weight excluding hydrogens is 581 g/mol.